The number of oxazole rings is 1. The Hall–Kier alpha value is -3.30. The first-order valence-corrected chi connectivity index (χ1v) is 9.51. The van der Waals surface area contributed by atoms with Gasteiger partial charge in [0.25, 0.3) is 5.91 Å². The van der Waals surface area contributed by atoms with E-state index >= 15 is 0 Å². The van der Waals surface area contributed by atoms with E-state index in [1.807, 2.05) is 0 Å². The molecule has 6 N–H and O–H groups in total. The number of nitrogens with zero attached hydrogens (tertiary/aromatic N) is 1. The summed E-state index contributed by atoms with van der Waals surface area (Å²) in [5.74, 6) is -3.11. The monoisotopic (exact) mass is 415 g/mol. The van der Waals surface area contributed by atoms with Gasteiger partial charge in [-0.2, -0.15) is 0 Å². The van der Waals surface area contributed by atoms with Crippen LogP contribution in [0.2, 0.25) is 0 Å². The Labute approximate surface area is 172 Å². The molecule has 158 valence electrons. The number of rotatable bonds is 5. The Morgan fingerprint density at radius 1 is 1.10 bits per heavy atom. The molecule has 1 saturated heterocycles. The molecule has 4 rings (SSSR count). The van der Waals surface area contributed by atoms with Crippen molar-refractivity contribution >= 4 is 17.5 Å². The topological polar surface area (TPSA) is 119 Å². The van der Waals surface area contributed by atoms with Gasteiger partial charge in [-0.05, 0) is 55.8 Å². The largest absolute Gasteiger partial charge is 0.419 e. The lowest BCUT2D eigenvalue weighted by molar-refractivity contribution is 0.0996. The molecule has 0 saturated carbocycles. The quantitative estimate of drug-likeness (QED) is 0.508. The van der Waals surface area contributed by atoms with Crippen molar-refractivity contribution in [2.45, 2.75) is 19.4 Å². The van der Waals surface area contributed by atoms with Crippen molar-refractivity contribution in [1.82, 2.24) is 10.3 Å². The number of hydrogen-bond acceptors (Lipinski definition) is 6. The highest BCUT2D eigenvalue weighted by Gasteiger charge is 2.23. The molecule has 0 bridgehead atoms. The second-order valence-electron chi connectivity index (χ2n) is 6.64. The minimum atomic E-state index is -0.896. The normalized spacial score (nSPS) is 12.9. The van der Waals surface area contributed by atoms with Crippen LogP contribution in [0.1, 0.15) is 28.9 Å². The Kier molecular flexibility index (Phi) is 7.10. The van der Waals surface area contributed by atoms with Crippen molar-refractivity contribution in [3.8, 4) is 11.5 Å². The number of halogens is 2. The zero-order chi connectivity index (χ0) is 21.5. The highest BCUT2D eigenvalue weighted by molar-refractivity contribution is 5.96. The Balaban J connectivity index is 0.000000448. The first-order chi connectivity index (χ1) is 14.5. The Bertz CT molecular complexity index is 973. The number of anilines is 2. The van der Waals surface area contributed by atoms with Gasteiger partial charge in [0.15, 0.2) is 5.69 Å². The first-order valence-electron chi connectivity index (χ1n) is 9.51. The van der Waals surface area contributed by atoms with Crippen LogP contribution in [0.3, 0.4) is 0 Å². The summed E-state index contributed by atoms with van der Waals surface area (Å²) in [6, 6.07) is 10.3. The van der Waals surface area contributed by atoms with Crippen LogP contribution in [-0.2, 0) is 6.54 Å². The molecular weight excluding hydrogens is 392 g/mol. The minimum Gasteiger partial charge on any atom is -0.419 e. The number of carbonyl (C=O) groups excluding carboxylic acids is 1. The van der Waals surface area contributed by atoms with Crippen molar-refractivity contribution in [1.29, 1.82) is 0 Å². The van der Waals surface area contributed by atoms with E-state index in [0.29, 0.717) is 12.2 Å². The number of hydrogen-bond donors (Lipinski definition) is 4. The van der Waals surface area contributed by atoms with Crippen molar-refractivity contribution in [3.63, 3.8) is 0 Å². The van der Waals surface area contributed by atoms with Crippen LogP contribution in [0.5, 0.6) is 0 Å². The summed E-state index contributed by atoms with van der Waals surface area (Å²) in [5.41, 5.74) is 11.5. The predicted molar refractivity (Wildman–Crippen MR) is 110 cm³/mol. The number of benzene rings is 2. The van der Waals surface area contributed by atoms with Crippen molar-refractivity contribution in [2.75, 3.05) is 18.4 Å². The third-order valence-corrected chi connectivity index (χ3v) is 4.44. The van der Waals surface area contributed by atoms with Gasteiger partial charge in [0.1, 0.15) is 17.2 Å². The summed E-state index contributed by atoms with van der Waals surface area (Å²) in [6.45, 7) is 2.88. The molecular formula is C21H23F2N5O2. The smallest absolute Gasteiger partial charge is 0.273 e. The summed E-state index contributed by atoms with van der Waals surface area (Å²) < 4.78 is 33.2. The Morgan fingerprint density at radius 2 is 1.73 bits per heavy atom. The zero-order valence-electron chi connectivity index (χ0n) is 16.3. The first kappa shape index (κ1) is 21.4. The molecule has 1 fully saturated rings. The van der Waals surface area contributed by atoms with Crippen molar-refractivity contribution < 1.29 is 18.0 Å². The van der Waals surface area contributed by atoms with Crippen LogP contribution >= 0.6 is 0 Å². The standard InChI is InChI=1S/C17H14F2N4O2.C4H9N/c18-11-2-1-3-12(19)13(11)16-23-14(15(21)24)17(25-16)22-10-6-4-9(8-20)5-7-10;1-2-4-5-3-1/h1-7,22H,8,20H2,(H2,21,24);5H,1-4H2. The molecule has 2 heterocycles. The van der Waals surface area contributed by atoms with Crippen molar-refractivity contribution in [2.24, 2.45) is 11.5 Å². The molecule has 3 aromatic rings. The summed E-state index contributed by atoms with van der Waals surface area (Å²) >= 11 is 0. The van der Waals surface area contributed by atoms with Crippen LogP contribution in [-0.4, -0.2) is 24.0 Å². The van der Waals surface area contributed by atoms with Gasteiger partial charge < -0.3 is 26.5 Å². The third-order valence-electron chi connectivity index (χ3n) is 4.44. The van der Waals surface area contributed by atoms with Crippen LogP contribution in [0, 0.1) is 11.6 Å². The summed E-state index contributed by atoms with van der Waals surface area (Å²) in [5, 5.41) is 6.04. The van der Waals surface area contributed by atoms with Gasteiger partial charge in [-0.1, -0.05) is 18.2 Å². The van der Waals surface area contributed by atoms with Gasteiger partial charge in [-0.3, -0.25) is 4.79 Å². The molecule has 2 aromatic carbocycles. The highest BCUT2D eigenvalue weighted by Crippen LogP contribution is 2.31. The molecule has 0 unspecified atom stereocenters. The van der Waals surface area contributed by atoms with Gasteiger partial charge in [-0.15, -0.1) is 0 Å². The van der Waals surface area contributed by atoms with Gasteiger partial charge in [0.2, 0.25) is 11.8 Å². The number of aromatic nitrogens is 1. The molecule has 1 aliphatic rings. The molecule has 1 aromatic heterocycles. The lowest BCUT2D eigenvalue weighted by Gasteiger charge is -2.05. The van der Waals surface area contributed by atoms with E-state index < -0.39 is 23.1 Å². The summed E-state index contributed by atoms with van der Waals surface area (Å²) in [4.78, 5) is 15.4. The maximum Gasteiger partial charge on any atom is 0.273 e. The van der Waals surface area contributed by atoms with E-state index in [4.69, 9.17) is 15.9 Å². The van der Waals surface area contributed by atoms with Gasteiger partial charge in [-0.25, -0.2) is 13.8 Å². The summed E-state index contributed by atoms with van der Waals surface area (Å²) in [7, 11) is 0. The molecule has 1 aliphatic heterocycles. The van der Waals surface area contributed by atoms with Gasteiger partial charge in [0.05, 0.1) is 0 Å². The van der Waals surface area contributed by atoms with E-state index in [0.717, 1.165) is 17.7 Å². The lowest BCUT2D eigenvalue weighted by atomic mass is 10.2. The average Bonchev–Trinajstić information content (AvgIpc) is 3.42. The van der Waals surface area contributed by atoms with E-state index in [2.05, 4.69) is 15.6 Å². The van der Waals surface area contributed by atoms with Crippen molar-refractivity contribution in [3.05, 3.63) is 65.4 Å². The second-order valence-corrected chi connectivity index (χ2v) is 6.64. The molecule has 0 atom stereocenters. The molecule has 9 heteroatoms. The fraction of sp³-hybridized carbons (Fsp3) is 0.238. The minimum absolute atomic E-state index is 0.106. The SMILES string of the molecule is C1CCNC1.NCc1ccc(Nc2oc(-c3c(F)cccc3F)nc2C(N)=O)cc1. The number of primary amides is 1. The molecule has 0 spiro atoms. The lowest BCUT2D eigenvalue weighted by Crippen LogP contribution is -2.13. The van der Waals surface area contributed by atoms with E-state index in [1.165, 1.54) is 32.0 Å². The van der Waals surface area contributed by atoms with E-state index in [1.54, 1.807) is 24.3 Å². The van der Waals surface area contributed by atoms with Crippen LogP contribution < -0.4 is 22.1 Å². The Morgan fingerprint density at radius 3 is 2.23 bits per heavy atom. The molecule has 0 aliphatic carbocycles. The van der Waals surface area contributed by atoms with E-state index in [-0.39, 0.29) is 17.5 Å². The summed E-state index contributed by atoms with van der Waals surface area (Å²) in [6.07, 6.45) is 2.78. The fourth-order valence-corrected chi connectivity index (χ4v) is 2.86. The molecule has 1 amide bonds. The number of amides is 1. The maximum absolute atomic E-state index is 13.9. The number of nitrogens with one attached hydrogen (secondary N) is 2. The van der Waals surface area contributed by atoms with E-state index in [9.17, 15) is 13.6 Å². The average molecular weight is 415 g/mol. The predicted octanol–water partition coefficient (Wildman–Crippen LogP) is 3.29. The van der Waals surface area contributed by atoms with Crippen LogP contribution in [0.25, 0.3) is 11.5 Å². The maximum atomic E-state index is 13.9. The zero-order valence-corrected chi connectivity index (χ0v) is 16.3. The molecule has 7 nitrogen and oxygen atoms in total. The third kappa shape index (κ3) is 5.19. The van der Waals surface area contributed by atoms with Crippen LogP contribution in [0.15, 0.2) is 46.9 Å². The second kappa shape index (κ2) is 9.95. The number of carbonyl (C=O) groups is 1. The molecule has 0 radical (unpaired) electrons. The molecule has 30 heavy (non-hydrogen) atoms. The number of nitrogens with two attached hydrogens (primary N) is 2. The van der Waals surface area contributed by atoms with Gasteiger partial charge >= 0.3 is 0 Å². The fourth-order valence-electron chi connectivity index (χ4n) is 2.86. The van der Waals surface area contributed by atoms with Gasteiger partial charge in [0, 0.05) is 12.2 Å². The highest BCUT2D eigenvalue weighted by atomic mass is 19.1. The van der Waals surface area contributed by atoms with Crippen LogP contribution in [0.4, 0.5) is 20.4 Å².